The molecule has 1 aromatic rings. The van der Waals surface area contributed by atoms with E-state index in [2.05, 4.69) is 0 Å². The summed E-state index contributed by atoms with van der Waals surface area (Å²) in [7, 11) is 0. The first-order chi connectivity index (χ1) is 17.5. The molecule has 0 aromatic heterocycles. The largest absolute Gasteiger partial charge is 0.391 e. The maximum Gasteiger partial charge on any atom is 0.247 e. The lowest BCUT2D eigenvalue weighted by Gasteiger charge is -2.47. The van der Waals surface area contributed by atoms with Crippen molar-refractivity contribution in [2.75, 3.05) is 26.2 Å². The van der Waals surface area contributed by atoms with Gasteiger partial charge in [-0.05, 0) is 68.7 Å². The molecule has 200 valence electrons. The van der Waals surface area contributed by atoms with Gasteiger partial charge in [0.1, 0.15) is 11.9 Å². The molecule has 37 heavy (non-hydrogen) atoms. The van der Waals surface area contributed by atoms with Gasteiger partial charge in [-0.2, -0.15) is 0 Å². The average molecular weight is 534 g/mol. The Morgan fingerprint density at radius 3 is 2.73 bits per heavy atom. The smallest absolute Gasteiger partial charge is 0.247 e. The van der Waals surface area contributed by atoms with E-state index >= 15 is 0 Å². The van der Waals surface area contributed by atoms with Crippen molar-refractivity contribution in [3.05, 3.63) is 40.7 Å². The summed E-state index contributed by atoms with van der Waals surface area (Å²) in [6.45, 7) is 5.01. The number of carbonyl (C=O) groups excluding carboxylic acids is 3. The number of hydrogen-bond acceptors (Lipinski definition) is 5. The second kappa shape index (κ2) is 9.67. The van der Waals surface area contributed by atoms with E-state index in [1.807, 2.05) is 0 Å². The molecule has 3 amide bonds. The zero-order valence-corrected chi connectivity index (χ0v) is 21.9. The third kappa shape index (κ3) is 4.89. The molecular weight excluding hydrogens is 501 g/mol. The van der Waals surface area contributed by atoms with Gasteiger partial charge in [-0.3, -0.25) is 14.4 Å². The number of aliphatic hydroxyl groups excluding tert-OH is 1. The van der Waals surface area contributed by atoms with E-state index in [1.54, 1.807) is 23.6 Å². The number of β-amino-alcohol motifs (C(OH)–C–C–N with tert-alkyl or cyclic N) is 1. The predicted octanol–water partition coefficient (Wildman–Crippen LogP) is 2.82. The van der Waals surface area contributed by atoms with E-state index in [-0.39, 0.29) is 47.2 Å². The molecule has 4 aliphatic rings. The number of amides is 3. The average Bonchev–Trinajstić information content (AvgIpc) is 3.57. The molecule has 4 unspecified atom stereocenters. The number of rotatable bonds is 5. The number of hydrogen-bond donors (Lipinski definition) is 1. The molecule has 0 radical (unpaired) electrons. The summed E-state index contributed by atoms with van der Waals surface area (Å²) in [6, 6.07) is 3.21. The first-order valence-electron chi connectivity index (χ1n) is 12.9. The van der Waals surface area contributed by atoms with Crippen molar-refractivity contribution >= 4 is 35.4 Å². The number of aliphatic hydroxyl groups is 1. The van der Waals surface area contributed by atoms with Crippen molar-refractivity contribution in [3.63, 3.8) is 0 Å². The normalized spacial score (nSPS) is 30.8. The summed E-state index contributed by atoms with van der Waals surface area (Å²) in [5, 5.41) is 10.4. The molecule has 0 bridgehead atoms. The molecule has 1 saturated carbocycles. The quantitative estimate of drug-likeness (QED) is 0.588. The fourth-order valence-electron chi connectivity index (χ4n) is 5.93. The number of nitrogens with zero attached hydrogens (tertiary/aromatic N) is 3. The van der Waals surface area contributed by atoms with Crippen LogP contribution in [0.1, 0.15) is 51.5 Å². The fourth-order valence-corrected chi connectivity index (χ4v) is 6.11. The molecule has 1 aliphatic carbocycles. The van der Waals surface area contributed by atoms with E-state index in [1.165, 1.54) is 35.3 Å². The Labute approximate surface area is 221 Å². The van der Waals surface area contributed by atoms with Crippen LogP contribution >= 0.6 is 11.6 Å². The zero-order chi connectivity index (χ0) is 26.5. The lowest BCUT2D eigenvalue weighted by Crippen LogP contribution is -2.67. The van der Waals surface area contributed by atoms with Crippen LogP contribution in [0.4, 0.5) is 4.39 Å². The number of fused-ring (bicyclic) bond motifs is 1. The number of halogens is 2. The molecule has 1 aromatic carbocycles. The van der Waals surface area contributed by atoms with Gasteiger partial charge in [0.25, 0.3) is 0 Å². The minimum atomic E-state index is -0.986. The van der Waals surface area contributed by atoms with Gasteiger partial charge < -0.3 is 24.5 Å². The van der Waals surface area contributed by atoms with Gasteiger partial charge >= 0.3 is 0 Å². The van der Waals surface area contributed by atoms with E-state index in [9.17, 15) is 23.9 Å². The Balaban J connectivity index is 1.20. The van der Waals surface area contributed by atoms with Gasteiger partial charge in [-0.1, -0.05) is 17.7 Å². The number of piperidine rings is 1. The molecule has 4 atom stereocenters. The van der Waals surface area contributed by atoms with E-state index in [0.29, 0.717) is 31.7 Å². The van der Waals surface area contributed by atoms with Crippen molar-refractivity contribution in [1.29, 1.82) is 0 Å². The van der Waals surface area contributed by atoms with Crippen LogP contribution in [0.2, 0.25) is 5.02 Å². The highest BCUT2D eigenvalue weighted by molar-refractivity contribution is 6.30. The lowest BCUT2D eigenvalue weighted by atomic mass is 9.90. The van der Waals surface area contributed by atoms with Crippen molar-refractivity contribution in [1.82, 2.24) is 14.7 Å². The highest BCUT2D eigenvalue weighted by Gasteiger charge is 2.55. The molecule has 3 aliphatic heterocycles. The summed E-state index contributed by atoms with van der Waals surface area (Å²) < 4.78 is 19.4. The van der Waals surface area contributed by atoms with Crippen molar-refractivity contribution in [2.45, 2.75) is 69.9 Å². The summed E-state index contributed by atoms with van der Waals surface area (Å²) in [5.41, 5.74) is -0.377. The van der Waals surface area contributed by atoms with Gasteiger partial charge in [0.15, 0.2) is 5.72 Å². The summed E-state index contributed by atoms with van der Waals surface area (Å²) >= 11 is 5.82. The van der Waals surface area contributed by atoms with Crippen LogP contribution < -0.4 is 0 Å². The maximum absolute atomic E-state index is 13.4. The van der Waals surface area contributed by atoms with Crippen LogP contribution in [-0.4, -0.2) is 87.7 Å². The maximum atomic E-state index is 13.4. The Kier molecular flexibility index (Phi) is 6.83. The van der Waals surface area contributed by atoms with Crippen LogP contribution in [0, 0.1) is 11.2 Å². The minimum Gasteiger partial charge on any atom is -0.391 e. The molecule has 3 saturated heterocycles. The number of piperazine rings is 1. The molecule has 5 rings (SSSR count). The zero-order valence-electron chi connectivity index (χ0n) is 21.2. The van der Waals surface area contributed by atoms with Gasteiger partial charge in [0, 0.05) is 25.6 Å². The minimum absolute atomic E-state index is 0.0106. The molecule has 10 heteroatoms. The Hall–Kier alpha value is -2.49. The Bertz CT molecular complexity index is 1140. The van der Waals surface area contributed by atoms with Crippen LogP contribution in [0.3, 0.4) is 0 Å². The molecular formula is C27H33ClFN3O5. The highest BCUT2D eigenvalue weighted by atomic mass is 35.5. The van der Waals surface area contributed by atoms with Crippen LogP contribution in [0.5, 0.6) is 0 Å². The third-order valence-corrected chi connectivity index (χ3v) is 8.84. The van der Waals surface area contributed by atoms with Crippen molar-refractivity contribution < 1.29 is 28.6 Å². The number of carbonyl (C=O) groups is 3. The van der Waals surface area contributed by atoms with Crippen LogP contribution in [0.15, 0.2) is 24.3 Å². The van der Waals surface area contributed by atoms with E-state index < -0.39 is 23.7 Å². The number of benzene rings is 1. The molecule has 1 spiro atoms. The Morgan fingerprint density at radius 2 is 2.05 bits per heavy atom. The van der Waals surface area contributed by atoms with E-state index in [4.69, 9.17) is 16.3 Å². The topological polar surface area (TPSA) is 90.4 Å². The highest BCUT2D eigenvalue weighted by Crippen LogP contribution is 2.53. The first kappa shape index (κ1) is 26.1. The van der Waals surface area contributed by atoms with Gasteiger partial charge in [0.2, 0.25) is 17.7 Å². The van der Waals surface area contributed by atoms with Crippen molar-refractivity contribution in [3.8, 4) is 0 Å². The third-order valence-electron chi connectivity index (χ3n) is 8.55. The fraction of sp³-hybridized carbons (Fsp3) is 0.593. The molecule has 1 N–H and O–H groups in total. The molecule has 8 nitrogen and oxygen atoms in total. The van der Waals surface area contributed by atoms with Gasteiger partial charge in [-0.15, -0.1) is 0 Å². The summed E-state index contributed by atoms with van der Waals surface area (Å²) in [4.78, 5) is 44.2. The predicted molar refractivity (Wildman–Crippen MR) is 135 cm³/mol. The SMILES string of the molecule is CC1C(=O)N2C(CCC(=O)N3CCC4(CC4)C(O)C3)COC2(C)CN1C(=O)C=Cc1ccc(F)c(Cl)c1. The molecule has 4 fully saturated rings. The van der Waals surface area contributed by atoms with Crippen molar-refractivity contribution in [2.24, 2.45) is 5.41 Å². The molecule has 3 heterocycles. The Morgan fingerprint density at radius 1 is 1.30 bits per heavy atom. The monoisotopic (exact) mass is 533 g/mol. The van der Waals surface area contributed by atoms with Gasteiger partial charge in [0.05, 0.1) is 30.3 Å². The van der Waals surface area contributed by atoms with Crippen LogP contribution in [0.25, 0.3) is 6.08 Å². The number of likely N-dealkylation sites (tertiary alicyclic amines) is 1. The van der Waals surface area contributed by atoms with Crippen LogP contribution in [-0.2, 0) is 19.1 Å². The lowest BCUT2D eigenvalue weighted by molar-refractivity contribution is -0.176. The second-order valence-electron chi connectivity index (χ2n) is 11.0. The first-order valence-corrected chi connectivity index (χ1v) is 13.3. The second-order valence-corrected chi connectivity index (χ2v) is 11.4. The number of ether oxygens (including phenoxy) is 1. The summed E-state index contributed by atoms with van der Waals surface area (Å²) in [6.07, 6.45) is 6.09. The standard InChI is InChI=1S/C27H33ClFN3O5/c1-17-25(36)32-19(5-8-23(34)30-12-11-27(9-10-27)22(33)14-30)15-37-26(32,2)16-31(17)24(35)7-4-18-3-6-21(29)20(28)13-18/h3-4,6-7,13,17,19,22,33H,5,8-12,14-16H2,1-2H3. The van der Waals surface area contributed by atoms with Gasteiger partial charge in [-0.25, -0.2) is 4.39 Å². The summed E-state index contributed by atoms with van der Waals surface area (Å²) in [5.74, 6) is -1.13. The van der Waals surface area contributed by atoms with E-state index in [0.717, 1.165) is 19.3 Å².